The molecule has 0 saturated heterocycles. The molecule has 1 heterocycles. The van der Waals surface area contributed by atoms with Crippen molar-refractivity contribution in [2.24, 2.45) is 7.05 Å². The summed E-state index contributed by atoms with van der Waals surface area (Å²) in [5.74, 6) is -1.12. The van der Waals surface area contributed by atoms with Crippen LogP contribution in [0.4, 0.5) is 4.39 Å². The second-order valence-electron chi connectivity index (χ2n) is 3.92. The van der Waals surface area contributed by atoms with Crippen LogP contribution in [-0.2, 0) is 17.1 Å². The highest BCUT2D eigenvalue weighted by molar-refractivity contribution is 7.90. The van der Waals surface area contributed by atoms with Crippen LogP contribution in [0, 0.1) is 11.2 Å². The Kier molecular flexibility index (Phi) is 3.53. The Morgan fingerprint density at radius 1 is 1.25 bits per heavy atom. The molecule has 6 nitrogen and oxygen atoms in total. The molecule has 9 heteroatoms. The molecule has 0 bridgehead atoms. The zero-order chi connectivity index (χ0) is 15.1. The van der Waals surface area contributed by atoms with Crippen LogP contribution >= 0.6 is 11.6 Å². The Morgan fingerprint density at radius 2 is 1.80 bits per heavy atom. The van der Waals surface area contributed by atoms with Crippen molar-refractivity contribution < 1.29 is 12.8 Å². The van der Waals surface area contributed by atoms with Gasteiger partial charge in [-0.25, -0.2) is 17.6 Å². The van der Waals surface area contributed by atoms with Crippen molar-refractivity contribution in [2.75, 3.05) is 0 Å². The van der Waals surface area contributed by atoms with Gasteiger partial charge < -0.3 is 0 Å². The van der Waals surface area contributed by atoms with Crippen molar-refractivity contribution in [1.82, 2.24) is 8.54 Å². The minimum Gasteiger partial charge on any atom is -0.282 e. The van der Waals surface area contributed by atoms with Crippen LogP contribution in [-0.4, -0.2) is 17.0 Å². The van der Waals surface area contributed by atoms with Crippen LogP contribution in [0.2, 0.25) is 5.02 Å². The van der Waals surface area contributed by atoms with Gasteiger partial charge >= 0.3 is 5.69 Å². The molecule has 0 fully saturated rings. The predicted molar refractivity (Wildman–Crippen MR) is 69.5 cm³/mol. The summed E-state index contributed by atoms with van der Waals surface area (Å²) >= 11 is 5.66. The van der Waals surface area contributed by atoms with E-state index in [0.717, 1.165) is 7.05 Å². The van der Waals surface area contributed by atoms with Crippen molar-refractivity contribution in [3.05, 3.63) is 57.3 Å². The van der Waals surface area contributed by atoms with Crippen LogP contribution in [0.3, 0.4) is 0 Å². The van der Waals surface area contributed by atoms with E-state index in [1.807, 2.05) is 0 Å². The highest BCUT2D eigenvalue weighted by atomic mass is 35.5. The van der Waals surface area contributed by atoms with Gasteiger partial charge in [-0.05, 0) is 24.3 Å². The summed E-state index contributed by atoms with van der Waals surface area (Å²) in [7, 11) is -3.13. The maximum absolute atomic E-state index is 13.5. The Hall–Kier alpha value is -1.93. The molecule has 0 radical (unpaired) electrons. The summed E-state index contributed by atoms with van der Waals surface area (Å²) in [6.45, 7) is 0. The van der Waals surface area contributed by atoms with Gasteiger partial charge in [-0.15, -0.1) is 0 Å². The largest absolute Gasteiger partial charge is 0.343 e. The van der Waals surface area contributed by atoms with Gasteiger partial charge in [0.15, 0.2) is 11.3 Å². The van der Waals surface area contributed by atoms with Gasteiger partial charge in [-0.3, -0.25) is 9.98 Å². The third kappa shape index (κ3) is 2.27. The van der Waals surface area contributed by atoms with Crippen LogP contribution < -0.4 is 11.2 Å². The molecule has 0 atom stereocenters. The van der Waals surface area contributed by atoms with Gasteiger partial charge in [0, 0.05) is 12.1 Å². The molecule has 0 aliphatic heterocycles. The molecule has 0 saturated carbocycles. The van der Waals surface area contributed by atoms with Crippen molar-refractivity contribution in [2.45, 2.75) is 4.90 Å². The van der Waals surface area contributed by atoms with E-state index in [-0.39, 0.29) is 8.87 Å². The molecule has 0 spiro atoms. The number of nitrogens with zero attached hydrogens (tertiary/aromatic N) is 2. The first-order valence-electron chi connectivity index (χ1n) is 5.29. The molecule has 20 heavy (non-hydrogen) atoms. The van der Waals surface area contributed by atoms with Crippen LogP contribution in [0.5, 0.6) is 0 Å². The SMILES string of the molecule is Cn1c(=N)c(F)cn(S(=O)(=O)c2ccc(Cl)cc2)c1=O. The van der Waals surface area contributed by atoms with E-state index in [4.69, 9.17) is 17.0 Å². The molecule has 0 unspecified atom stereocenters. The zero-order valence-electron chi connectivity index (χ0n) is 10.2. The van der Waals surface area contributed by atoms with E-state index < -0.39 is 27.0 Å². The number of hydrogen-bond acceptors (Lipinski definition) is 4. The second-order valence-corrected chi connectivity index (χ2v) is 6.17. The average Bonchev–Trinajstić information content (AvgIpc) is 2.41. The maximum atomic E-state index is 13.5. The molecule has 1 aromatic heterocycles. The molecular formula is C11H9ClFN3O3S. The van der Waals surface area contributed by atoms with Crippen LogP contribution in [0.25, 0.3) is 0 Å². The lowest BCUT2D eigenvalue weighted by molar-refractivity contribution is 0.534. The molecular weight excluding hydrogens is 309 g/mol. The fourth-order valence-corrected chi connectivity index (χ4v) is 2.91. The summed E-state index contributed by atoms with van der Waals surface area (Å²) in [6, 6.07) is 5.09. The fraction of sp³-hybridized carbons (Fsp3) is 0.0909. The Balaban J connectivity index is 2.77. The van der Waals surface area contributed by atoms with E-state index in [1.54, 1.807) is 0 Å². The van der Waals surface area contributed by atoms with E-state index >= 15 is 0 Å². The predicted octanol–water partition coefficient (Wildman–Crippen LogP) is 0.696. The molecule has 1 N–H and O–H groups in total. The van der Waals surface area contributed by atoms with Gasteiger partial charge in [-0.1, -0.05) is 11.6 Å². The van der Waals surface area contributed by atoms with Gasteiger partial charge in [0.25, 0.3) is 10.0 Å². The van der Waals surface area contributed by atoms with E-state index in [1.165, 1.54) is 24.3 Å². The van der Waals surface area contributed by atoms with Crippen molar-refractivity contribution in [1.29, 1.82) is 5.41 Å². The Labute approximate surface area is 118 Å². The first-order chi connectivity index (χ1) is 9.25. The van der Waals surface area contributed by atoms with Crippen LogP contribution in [0.1, 0.15) is 0 Å². The van der Waals surface area contributed by atoms with Gasteiger partial charge in [0.1, 0.15) is 0 Å². The monoisotopic (exact) mass is 317 g/mol. The number of aromatic nitrogens is 2. The molecule has 0 amide bonds. The summed E-state index contributed by atoms with van der Waals surface area (Å²) in [6.07, 6.45) is 0.481. The quantitative estimate of drug-likeness (QED) is 0.884. The average molecular weight is 318 g/mol. The topological polar surface area (TPSA) is 84.9 Å². The third-order valence-corrected chi connectivity index (χ3v) is 4.54. The Bertz CT molecular complexity index is 885. The smallest absolute Gasteiger partial charge is 0.282 e. The minimum atomic E-state index is -4.25. The Morgan fingerprint density at radius 3 is 2.35 bits per heavy atom. The van der Waals surface area contributed by atoms with Gasteiger partial charge in [-0.2, -0.15) is 3.97 Å². The second kappa shape index (κ2) is 4.88. The van der Waals surface area contributed by atoms with E-state index in [0.29, 0.717) is 15.8 Å². The molecule has 2 aromatic rings. The number of nitrogens with one attached hydrogen (secondary N) is 1. The first-order valence-corrected chi connectivity index (χ1v) is 7.11. The molecule has 1 aromatic carbocycles. The minimum absolute atomic E-state index is 0.207. The van der Waals surface area contributed by atoms with Gasteiger partial charge in [0.05, 0.1) is 11.1 Å². The van der Waals surface area contributed by atoms with Crippen molar-refractivity contribution in [3.63, 3.8) is 0 Å². The number of hydrogen-bond donors (Lipinski definition) is 1. The lowest BCUT2D eigenvalue weighted by Crippen LogP contribution is -2.41. The normalized spacial score (nSPS) is 11.6. The zero-order valence-corrected chi connectivity index (χ0v) is 11.7. The lowest BCUT2D eigenvalue weighted by Gasteiger charge is -2.09. The van der Waals surface area contributed by atoms with Crippen molar-refractivity contribution >= 4 is 21.6 Å². The molecule has 0 aliphatic rings. The van der Waals surface area contributed by atoms with Crippen molar-refractivity contribution in [3.8, 4) is 0 Å². The van der Waals surface area contributed by atoms with E-state index in [2.05, 4.69) is 0 Å². The van der Waals surface area contributed by atoms with E-state index in [9.17, 15) is 17.6 Å². The highest BCUT2D eigenvalue weighted by Gasteiger charge is 2.20. The fourth-order valence-electron chi connectivity index (χ4n) is 1.52. The summed E-state index contributed by atoms with van der Waals surface area (Å²) in [4.78, 5) is 11.7. The lowest BCUT2D eigenvalue weighted by atomic mass is 10.4. The third-order valence-electron chi connectivity index (χ3n) is 2.64. The van der Waals surface area contributed by atoms with Crippen LogP contribution in [0.15, 0.2) is 40.2 Å². The summed E-state index contributed by atoms with van der Waals surface area (Å²) in [5, 5.41) is 7.61. The molecule has 2 rings (SSSR count). The number of rotatable bonds is 2. The maximum Gasteiger partial charge on any atom is 0.343 e. The molecule has 106 valence electrons. The summed E-state index contributed by atoms with van der Waals surface area (Å²) < 4.78 is 38.9. The standard InChI is InChI=1S/C11H9ClFN3O3S/c1-15-10(14)9(13)6-16(11(15)17)20(18,19)8-4-2-7(12)3-5-8/h2-6,14H,1H3. The number of halogens is 2. The number of benzene rings is 1. The highest BCUT2D eigenvalue weighted by Crippen LogP contribution is 2.15. The first kappa shape index (κ1) is 14.5. The molecule has 0 aliphatic carbocycles. The van der Waals surface area contributed by atoms with Gasteiger partial charge in [0.2, 0.25) is 0 Å². The summed E-state index contributed by atoms with van der Waals surface area (Å²) in [5.41, 5.74) is -1.73.